The van der Waals surface area contributed by atoms with Gasteiger partial charge in [-0.3, -0.25) is 4.79 Å². The minimum Gasteiger partial charge on any atom is -0.508 e. The summed E-state index contributed by atoms with van der Waals surface area (Å²) in [7, 11) is 0. The van der Waals surface area contributed by atoms with Crippen LogP contribution in [0, 0.1) is 0 Å². The van der Waals surface area contributed by atoms with Crippen molar-refractivity contribution in [2.75, 3.05) is 0 Å². The molecule has 4 nitrogen and oxygen atoms in total. The van der Waals surface area contributed by atoms with Crippen LogP contribution in [0.2, 0.25) is 0 Å². The molecular formula is C22H39NO3. The van der Waals surface area contributed by atoms with Gasteiger partial charge in [-0.05, 0) is 30.7 Å². The SMILES string of the molecule is CCCCCCCCCCCCCCCC(N)=O.Oc1ccc(O)cc1. The largest absolute Gasteiger partial charge is 0.508 e. The zero-order chi connectivity index (χ0) is 19.5. The number of phenolic OH excluding ortho intramolecular Hbond substituents is 2. The van der Waals surface area contributed by atoms with Crippen molar-refractivity contribution >= 4 is 5.91 Å². The molecule has 0 aliphatic rings. The Balaban J connectivity index is 0.000000642. The lowest BCUT2D eigenvalue weighted by Gasteiger charge is -2.02. The average Bonchev–Trinajstić information content (AvgIpc) is 2.62. The van der Waals surface area contributed by atoms with E-state index in [0.717, 1.165) is 6.42 Å². The summed E-state index contributed by atoms with van der Waals surface area (Å²) in [5.41, 5.74) is 5.09. The number of carbonyl (C=O) groups is 1. The maximum Gasteiger partial charge on any atom is 0.217 e. The van der Waals surface area contributed by atoms with Crippen LogP contribution in [0.25, 0.3) is 0 Å². The Morgan fingerprint density at radius 3 is 1.31 bits per heavy atom. The highest BCUT2D eigenvalue weighted by atomic mass is 16.3. The number of nitrogens with two attached hydrogens (primary N) is 1. The maximum absolute atomic E-state index is 10.5. The fourth-order valence-electron chi connectivity index (χ4n) is 2.77. The van der Waals surface area contributed by atoms with E-state index in [9.17, 15) is 4.79 Å². The second-order valence-electron chi connectivity index (χ2n) is 6.98. The first-order valence-corrected chi connectivity index (χ1v) is 10.3. The lowest BCUT2D eigenvalue weighted by molar-refractivity contribution is -0.118. The lowest BCUT2D eigenvalue weighted by atomic mass is 10.0. The van der Waals surface area contributed by atoms with Gasteiger partial charge in [0, 0.05) is 6.42 Å². The van der Waals surface area contributed by atoms with Crippen LogP contribution in [0.3, 0.4) is 0 Å². The number of carbonyl (C=O) groups excluding carboxylic acids is 1. The van der Waals surface area contributed by atoms with Crippen molar-refractivity contribution in [2.45, 2.75) is 96.8 Å². The molecule has 0 saturated heterocycles. The van der Waals surface area contributed by atoms with Gasteiger partial charge in [-0.15, -0.1) is 0 Å². The molecule has 150 valence electrons. The molecule has 0 atom stereocenters. The molecule has 0 bridgehead atoms. The third-order valence-electron chi connectivity index (χ3n) is 4.38. The Bertz CT molecular complexity index is 411. The van der Waals surface area contributed by atoms with Crippen LogP contribution in [0.1, 0.15) is 96.8 Å². The summed E-state index contributed by atoms with van der Waals surface area (Å²) in [5.74, 6) is 0.184. The van der Waals surface area contributed by atoms with E-state index in [4.69, 9.17) is 15.9 Å². The van der Waals surface area contributed by atoms with E-state index in [-0.39, 0.29) is 17.4 Å². The number of primary amides is 1. The monoisotopic (exact) mass is 365 g/mol. The summed E-state index contributed by atoms with van der Waals surface area (Å²) >= 11 is 0. The first kappa shape index (κ1) is 24.3. The van der Waals surface area contributed by atoms with E-state index >= 15 is 0 Å². The Morgan fingerprint density at radius 2 is 1.00 bits per heavy atom. The summed E-state index contributed by atoms with van der Waals surface area (Å²) in [4.78, 5) is 10.5. The molecule has 0 spiro atoms. The van der Waals surface area contributed by atoms with Crippen molar-refractivity contribution in [2.24, 2.45) is 5.73 Å². The molecule has 0 heterocycles. The Hall–Kier alpha value is -1.71. The molecule has 0 fully saturated rings. The zero-order valence-electron chi connectivity index (χ0n) is 16.6. The Morgan fingerprint density at radius 1 is 0.692 bits per heavy atom. The van der Waals surface area contributed by atoms with Crippen molar-refractivity contribution in [1.29, 1.82) is 0 Å². The van der Waals surface area contributed by atoms with Gasteiger partial charge < -0.3 is 15.9 Å². The van der Waals surface area contributed by atoms with E-state index in [1.54, 1.807) is 0 Å². The summed E-state index contributed by atoms with van der Waals surface area (Å²) in [6, 6.07) is 5.70. The third-order valence-corrected chi connectivity index (χ3v) is 4.38. The maximum atomic E-state index is 10.5. The fourth-order valence-corrected chi connectivity index (χ4v) is 2.77. The zero-order valence-corrected chi connectivity index (χ0v) is 16.6. The van der Waals surface area contributed by atoms with Crippen LogP contribution < -0.4 is 5.73 Å². The van der Waals surface area contributed by atoms with Gasteiger partial charge in [0.1, 0.15) is 11.5 Å². The van der Waals surface area contributed by atoms with Gasteiger partial charge in [0.05, 0.1) is 0 Å². The van der Waals surface area contributed by atoms with Gasteiger partial charge in [-0.1, -0.05) is 84.0 Å². The van der Waals surface area contributed by atoms with E-state index in [2.05, 4.69) is 6.92 Å². The molecule has 1 amide bonds. The van der Waals surface area contributed by atoms with Gasteiger partial charge in [0.15, 0.2) is 0 Å². The van der Waals surface area contributed by atoms with E-state index in [0.29, 0.717) is 6.42 Å². The summed E-state index contributed by atoms with van der Waals surface area (Å²) in [6.07, 6.45) is 17.9. The van der Waals surface area contributed by atoms with E-state index in [1.807, 2.05) is 0 Å². The van der Waals surface area contributed by atoms with Crippen molar-refractivity contribution in [3.63, 3.8) is 0 Å². The highest BCUT2D eigenvalue weighted by molar-refractivity contribution is 5.73. The molecule has 0 radical (unpaired) electrons. The van der Waals surface area contributed by atoms with Crippen molar-refractivity contribution in [1.82, 2.24) is 0 Å². The number of rotatable bonds is 14. The van der Waals surface area contributed by atoms with E-state index < -0.39 is 0 Å². The predicted molar refractivity (Wildman–Crippen MR) is 109 cm³/mol. The normalized spacial score (nSPS) is 10.2. The summed E-state index contributed by atoms with van der Waals surface area (Å²) in [5, 5.41) is 17.3. The summed E-state index contributed by atoms with van der Waals surface area (Å²) in [6.45, 7) is 2.27. The topological polar surface area (TPSA) is 83.6 Å². The Labute approximate surface area is 159 Å². The van der Waals surface area contributed by atoms with Crippen LogP contribution in [0.4, 0.5) is 0 Å². The molecule has 0 aromatic heterocycles. The smallest absolute Gasteiger partial charge is 0.217 e. The fraction of sp³-hybridized carbons (Fsp3) is 0.682. The van der Waals surface area contributed by atoms with Gasteiger partial charge in [0.25, 0.3) is 0 Å². The minimum absolute atomic E-state index is 0.155. The predicted octanol–water partition coefficient (Wildman–Crippen LogP) is 6.05. The third kappa shape index (κ3) is 18.6. The van der Waals surface area contributed by atoms with Crippen LogP contribution in [0.15, 0.2) is 24.3 Å². The minimum atomic E-state index is -0.155. The molecule has 26 heavy (non-hydrogen) atoms. The number of unbranched alkanes of at least 4 members (excludes halogenated alkanes) is 12. The highest BCUT2D eigenvalue weighted by Gasteiger charge is 1.95. The molecule has 1 rings (SSSR count). The highest BCUT2D eigenvalue weighted by Crippen LogP contribution is 2.13. The van der Waals surface area contributed by atoms with E-state index in [1.165, 1.54) is 101 Å². The number of hydrogen-bond donors (Lipinski definition) is 3. The molecule has 0 aliphatic carbocycles. The number of phenols is 2. The van der Waals surface area contributed by atoms with Crippen molar-refractivity contribution in [3.8, 4) is 11.5 Å². The number of amides is 1. The van der Waals surface area contributed by atoms with Gasteiger partial charge >= 0.3 is 0 Å². The van der Waals surface area contributed by atoms with Crippen LogP contribution in [0.5, 0.6) is 11.5 Å². The lowest BCUT2D eigenvalue weighted by Crippen LogP contribution is -2.09. The Kier molecular flexibility index (Phi) is 16.9. The van der Waals surface area contributed by atoms with Crippen LogP contribution >= 0.6 is 0 Å². The van der Waals surface area contributed by atoms with Gasteiger partial charge in [-0.25, -0.2) is 0 Å². The van der Waals surface area contributed by atoms with Gasteiger partial charge in [0.2, 0.25) is 5.91 Å². The molecular weight excluding hydrogens is 326 g/mol. The number of aromatic hydroxyl groups is 2. The first-order valence-electron chi connectivity index (χ1n) is 10.3. The number of benzene rings is 1. The molecule has 1 aromatic carbocycles. The molecule has 4 N–H and O–H groups in total. The molecule has 0 unspecified atom stereocenters. The van der Waals surface area contributed by atoms with Crippen molar-refractivity contribution < 1.29 is 15.0 Å². The average molecular weight is 366 g/mol. The second-order valence-corrected chi connectivity index (χ2v) is 6.98. The van der Waals surface area contributed by atoms with Crippen molar-refractivity contribution in [3.05, 3.63) is 24.3 Å². The molecule has 4 heteroatoms. The quantitative estimate of drug-likeness (QED) is 0.277. The molecule has 1 aromatic rings. The number of hydrogen-bond acceptors (Lipinski definition) is 3. The van der Waals surface area contributed by atoms with Crippen LogP contribution in [-0.4, -0.2) is 16.1 Å². The molecule has 0 saturated carbocycles. The molecule has 0 aliphatic heterocycles. The standard InChI is InChI=1S/C16H33NO.C6H6O2/c1-2-3-4-5-6-7-8-9-10-11-12-13-14-15-16(17)18;7-5-1-2-6(8)4-3-5/h2-15H2,1H3,(H2,17,18);1-4,7-8H. The second kappa shape index (κ2) is 18.1. The van der Waals surface area contributed by atoms with Gasteiger partial charge in [-0.2, -0.15) is 0 Å². The summed E-state index contributed by atoms with van der Waals surface area (Å²) < 4.78 is 0. The van der Waals surface area contributed by atoms with Crippen LogP contribution in [-0.2, 0) is 4.79 Å². The first-order chi connectivity index (χ1) is 12.6.